The van der Waals surface area contributed by atoms with E-state index < -0.39 is 0 Å². The number of piperidine rings is 1. The Morgan fingerprint density at radius 1 is 1.24 bits per heavy atom. The quantitative estimate of drug-likeness (QED) is 0.573. The lowest BCUT2D eigenvalue weighted by Gasteiger charge is -2.34. The highest BCUT2D eigenvalue weighted by molar-refractivity contribution is 9.10. The van der Waals surface area contributed by atoms with Crippen LogP contribution < -0.4 is 14.8 Å². The van der Waals surface area contributed by atoms with E-state index in [2.05, 4.69) is 31.1 Å². The van der Waals surface area contributed by atoms with Gasteiger partial charge in [-0.2, -0.15) is 0 Å². The summed E-state index contributed by atoms with van der Waals surface area (Å²) in [6.45, 7) is 5.40. The second-order valence-corrected chi connectivity index (χ2v) is 6.70. The second kappa shape index (κ2) is 9.87. The van der Waals surface area contributed by atoms with Gasteiger partial charge in [-0.1, -0.05) is 15.9 Å². The SMILES string of the molecule is CCOC1CCN(C(=NC)NCc2cc(OC)c(OC)cc2Br)CC1. The van der Waals surface area contributed by atoms with Crippen LogP contribution in [0.25, 0.3) is 0 Å². The molecule has 25 heavy (non-hydrogen) atoms. The number of nitrogens with one attached hydrogen (secondary N) is 1. The molecular weight excluding hydrogens is 386 g/mol. The van der Waals surface area contributed by atoms with Crippen molar-refractivity contribution in [1.82, 2.24) is 10.2 Å². The van der Waals surface area contributed by atoms with Gasteiger partial charge in [0.2, 0.25) is 0 Å². The van der Waals surface area contributed by atoms with Crippen molar-refractivity contribution in [3.63, 3.8) is 0 Å². The molecule has 0 radical (unpaired) electrons. The molecule has 0 bridgehead atoms. The molecule has 0 aromatic heterocycles. The van der Waals surface area contributed by atoms with Crippen LogP contribution in [0.1, 0.15) is 25.3 Å². The van der Waals surface area contributed by atoms with Crippen molar-refractivity contribution >= 4 is 21.9 Å². The number of benzene rings is 1. The average Bonchev–Trinajstić information content (AvgIpc) is 2.64. The van der Waals surface area contributed by atoms with Crippen LogP contribution in [0.5, 0.6) is 11.5 Å². The van der Waals surface area contributed by atoms with E-state index in [1.54, 1.807) is 14.2 Å². The predicted octanol–water partition coefficient (Wildman–Crippen LogP) is 3.04. The lowest BCUT2D eigenvalue weighted by molar-refractivity contribution is 0.0263. The highest BCUT2D eigenvalue weighted by atomic mass is 79.9. The van der Waals surface area contributed by atoms with E-state index in [9.17, 15) is 0 Å². The zero-order valence-corrected chi connectivity index (χ0v) is 17.1. The molecule has 1 aromatic rings. The van der Waals surface area contributed by atoms with Crippen LogP contribution in [0.4, 0.5) is 0 Å². The van der Waals surface area contributed by atoms with Gasteiger partial charge in [0.05, 0.1) is 20.3 Å². The maximum absolute atomic E-state index is 5.72. The van der Waals surface area contributed by atoms with Crippen molar-refractivity contribution in [3.8, 4) is 11.5 Å². The van der Waals surface area contributed by atoms with Crippen LogP contribution in [0.15, 0.2) is 21.6 Å². The minimum Gasteiger partial charge on any atom is -0.493 e. The molecule has 1 aliphatic rings. The van der Waals surface area contributed by atoms with Crippen molar-refractivity contribution in [3.05, 3.63) is 22.2 Å². The first-order chi connectivity index (χ1) is 12.1. The van der Waals surface area contributed by atoms with Crippen molar-refractivity contribution < 1.29 is 14.2 Å². The minimum absolute atomic E-state index is 0.374. The number of methoxy groups -OCH3 is 2. The van der Waals surface area contributed by atoms with Gasteiger partial charge >= 0.3 is 0 Å². The Labute approximate surface area is 158 Å². The zero-order valence-electron chi connectivity index (χ0n) is 15.5. The molecule has 6 nitrogen and oxygen atoms in total. The summed E-state index contributed by atoms with van der Waals surface area (Å²) in [5.74, 6) is 2.34. The fraction of sp³-hybridized carbons (Fsp3) is 0.611. The summed E-state index contributed by atoms with van der Waals surface area (Å²) in [6.07, 6.45) is 2.45. The van der Waals surface area contributed by atoms with E-state index in [1.807, 2.05) is 26.1 Å². The third-order valence-corrected chi connectivity index (χ3v) is 5.08. The van der Waals surface area contributed by atoms with E-state index in [0.717, 1.165) is 54.3 Å². The molecule has 0 amide bonds. The van der Waals surface area contributed by atoms with Crippen LogP contribution in [0, 0.1) is 0 Å². The molecule has 7 heteroatoms. The topological polar surface area (TPSA) is 55.3 Å². The van der Waals surface area contributed by atoms with Gasteiger partial charge in [-0.05, 0) is 37.5 Å². The molecule has 0 spiro atoms. The number of aliphatic imine (C=N–C) groups is 1. The summed E-state index contributed by atoms with van der Waals surface area (Å²) >= 11 is 3.60. The molecule has 1 saturated heterocycles. The number of hydrogen-bond donors (Lipinski definition) is 1. The van der Waals surface area contributed by atoms with Gasteiger partial charge in [0.25, 0.3) is 0 Å². The fourth-order valence-electron chi connectivity index (χ4n) is 3.01. The van der Waals surface area contributed by atoms with Crippen LogP contribution in [-0.4, -0.2) is 57.9 Å². The van der Waals surface area contributed by atoms with E-state index in [-0.39, 0.29) is 0 Å². The summed E-state index contributed by atoms with van der Waals surface area (Å²) in [6, 6.07) is 3.90. The van der Waals surface area contributed by atoms with E-state index in [1.165, 1.54) is 0 Å². The summed E-state index contributed by atoms with van der Waals surface area (Å²) in [7, 11) is 5.10. The molecule has 140 valence electrons. The summed E-state index contributed by atoms with van der Waals surface area (Å²) in [4.78, 5) is 6.71. The molecule has 0 aliphatic carbocycles. The molecule has 1 N–H and O–H groups in total. The average molecular weight is 414 g/mol. The third kappa shape index (κ3) is 5.25. The molecule has 1 aromatic carbocycles. The highest BCUT2D eigenvalue weighted by Gasteiger charge is 2.21. The fourth-order valence-corrected chi connectivity index (χ4v) is 3.47. The number of rotatable bonds is 6. The Bertz CT molecular complexity index is 587. The molecule has 1 fully saturated rings. The number of hydrogen-bond acceptors (Lipinski definition) is 4. The summed E-state index contributed by atoms with van der Waals surface area (Å²) < 4.78 is 17.4. The molecule has 2 rings (SSSR count). The monoisotopic (exact) mass is 413 g/mol. The number of nitrogens with zero attached hydrogens (tertiary/aromatic N) is 2. The van der Waals surface area contributed by atoms with Gasteiger partial charge in [-0.25, -0.2) is 0 Å². The van der Waals surface area contributed by atoms with Crippen molar-refractivity contribution in [2.45, 2.75) is 32.4 Å². The van der Waals surface area contributed by atoms with Gasteiger partial charge in [-0.15, -0.1) is 0 Å². The lowest BCUT2D eigenvalue weighted by atomic mass is 10.1. The zero-order chi connectivity index (χ0) is 18.2. The Kier molecular flexibility index (Phi) is 7.84. The number of ether oxygens (including phenoxy) is 3. The van der Waals surface area contributed by atoms with Crippen LogP contribution in [0.2, 0.25) is 0 Å². The van der Waals surface area contributed by atoms with Crippen LogP contribution >= 0.6 is 15.9 Å². The normalized spacial score (nSPS) is 16.0. The molecular formula is C18H28BrN3O3. The first-order valence-corrected chi connectivity index (χ1v) is 9.39. The largest absolute Gasteiger partial charge is 0.493 e. The first-order valence-electron chi connectivity index (χ1n) is 8.60. The van der Waals surface area contributed by atoms with E-state index >= 15 is 0 Å². The lowest BCUT2D eigenvalue weighted by Crippen LogP contribution is -2.46. The highest BCUT2D eigenvalue weighted by Crippen LogP contribution is 2.33. The predicted molar refractivity (Wildman–Crippen MR) is 104 cm³/mol. The van der Waals surface area contributed by atoms with Crippen molar-refractivity contribution in [1.29, 1.82) is 0 Å². The van der Waals surface area contributed by atoms with Crippen molar-refractivity contribution in [2.75, 3.05) is 41.0 Å². The van der Waals surface area contributed by atoms with Crippen LogP contribution in [-0.2, 0) is 11.3 Å². The smallest absolute Gasteiger partial charge is 0.193 e. The summed E-state index contributed by atoms with van der Waals surface area (Å²) in [5.41, 5.74) is 1.09. The van der Waals surface area contributed by atoms with Gasteiger partial charge < -0.3 is 24.4 Å². The second-order valence-electron chi connectivity index (χ2n) is 5.84. The molecule has 0 unspecified atom stereocenters. The Balaban J connectivity index is 1.97. The third-order valence-electron chi connectivity index (χ3n) is 4.35. The van der Waals surface area contributed by atoms with Gasteiger partial charge in [-0.3, -0.25) is 4.99 Å². The Hall–Kier alpha value is -1.47. The van der Waals surface area contributed by atoms with Gasteiger partial charge in [0.15, 0.2) is 17.5 Å². The van der Waals surface area contributed by atoms with Gasteiger partial charge in [0.1, 0.15) is 0 Å². The Morgan fingerprint density at radius 3 is 2.44 bits per heavy atom. The maximum Gasteiger partial charge on any atom is 0.193 e. The number of guanidine groups is 1. The van der Waals surface area contributed by atoms with Crippen LogP contribution in [0.3, 0.4) is 0 Å². The first kappa shape index (κ1) is 19.8. The Morgan fingerprint density at radius 2 is 1.88 bits per heavy atom. The van der Waals surface area contributed by atoms with Gasteiger partial charge in [0, 0.05) is 37.8 Å². The standard InChI is InChI=1S/C18H28BrN3O3/c1-5-25-14-6-8-22(9-7-14)18(20-2)21-12-13-10-16(23-3)17(24-4)11-15(13)19/h10-11,14H,5-9,12H2,1-4H3,(H,20,21). The van der Waals surface area contributed by atoms with E-state index in [0.29, 0.717) is 18.4 Å². The molecule has 0 saturated carbocycles. The molecule has 1 aliphatic heterocycles. The van der Waals surface area contributed by atoms with Crippen molar-refractivity contribution in [2.24, 2.45) is 4.99 Å². The summed E-state index contributed by atoms with van der Waals surface area (Å²) in [5, 5.41) is 3.44. The van der Waals surface area contributed by atoms with E-state index in [4.69, 9.17) is 14.2 Å². The maximum atomic E-state index is 5.72. The number of likely N-dealkylation sites (tertiary alicyclic amines) is 1. The number of halogens is 1. The molecule has 0 atom stereocenters. The molecule has 1 heterocycles. The minimum atomic E-state index is 0.374.